The van der Waals surface area contributed by atoms with Crippen LogP contribution in [0.15, 0.2) is 18.2 Å². The average Bonchev–Trinajstić information content (AvgIpc) is 3.36. The second-order valence-corrected chi connectivity index (χ2v) is 6.79. The van der Waals surface area contributed by atoms with Crippen LogP contribution < -0.4 is 10.2 Å². The van der Waals surface area contributed by atoms with Crippen molar-refractivity contribution in [2.24, 2.45) is 5.92 Å². The first-order chi connectivity index (χ1) is 10.2. The minimum absolute atomic E-state index is 0.731. The number of rotatable bonds is 9. The van der Waals surface area contributed by atoms with Crippen molar-refractivity contribution in [3.8, 4) is 0 Å². The molecule has 1 aromatic carbocycles. The van der Waals surface area contributed by atoms with Crippen LogP contribution in [0.3, 0.4) is 0 Å². The molecule has 21 heavy (non-hydrogen) atoms. The van der Waals surface area contributed by atoms with Gasteiger partial charge in [-0.15, -0.1) is 0 Å². The highest BCUT2D eigenvalue weighted by Crippen LogP contribution is 2.29. The van der Waals surface area contributed by atoms with Crippen molar-refractivity contribution in [3.63, 3.8) is 0 Å². The van der Waals surface area contributed by atoms with Gasteiger partial charge in [-0.25, -0.2) is 0 Å². The minimum Gasteiger partial charge on any atom is -0.379 e. The van der Waals surface area contributed by atoms with E-state index in [2.05, 4.69) is 35.5 Å². The normalized spacial score (nSPS) is 18.0. The molecule has 0 atom stereocenters. The maximum Gasteiger partial charge on any atom is 0.0642 e. The predicted molar refractivity (Wildman–Crippen MR) is 88.1 cm³/mol. The molecule has 0 aliphatic heterocycles. The first-order valence-electron chi connectivity index (χ1n) is 8.03. The summed E-state index contributed by atoms with van der Waals surface area (Å²) in [7, 11) is 2.07. The molecule has 0 aromatic heterocycles. The molecule has 3 rings (SSSR count). The Hall–Kier alpha value is -0.770. The Morgan fingerprint density at radius 2 is 2.10 bits per heavy atom. The number of hydrogen-bond donors (Lipinski definition) is 1. The van der Waals surface area contributed by atoms with E-state index in [0.29, 0.717) is 0 Å². The summed E-state index contributed by atoms with van der Waals surface area (Å²) in [6, 6.07) is 7.09. The zero-order valence-electron chi connectivity index (χ0n) is 12.8. The Kier molecular flexibility index (Phi) is 5.04. The molecule has 0 heterocycles. The summed E-state index contributed by atoms with van der Waals surface area (Å²) < 4.78 is 5.69. The van der Waals surface area contributed by atoms with Crippen LogP contribution >= 0.6 is 11.6 Å². The third-order valence-corrected chi connectivity index (χ3v) is 4.52. The summed E-state index contributed by atoms with van der Waals surface area (Å²) >= 11 is 6.42. The number of likely N-dealkylation sites (N-methyl/N-ethyl adjacent to an activating group) is 1. The van der Waals surface area contributed by atoms with Gasteiger partial charge in [0.15, 0.2) is 0 Å². The van der Waals surface area contributed by atoms with Crippen LogP contribution in [0.25, 0.3) is 0 Å². The lowest BCUT2D eigenvalue weighted by Gasteiger charge is -2.21. The number of halogens is 1. The van der Waals surface area contributed by atoms with Crippen molar-refractivity contribution in [1.82, 2.24) is 5.32 Å². The summed E-state index contributed by atoms with van der Waals surface area (Å²) in [5.74, 6) is 0.831. The van der Waals surface area contributed by atoms with Gasteiger partial charge in [0.1, 0.15) is 0 Å². The zero-order valence-corrected chi connectivity index (χ0v) is 13.5. The van der Waals surface area contributed by atoms with Crippen LogP contribution in [-0.4, -0.2) is 32.8 Å². The van der Waals surface area contributed by atoms with E-state index in [4.69, 9.17) is 16.3 Å². The predicted octanol–water partition coefficient (Wildman–Crippen LogP) is 3.45. The molecule has 2 aliphatic rings. The van der Waals surface area contributed by atoms with Gasteiger partial charge in [-0.3, -0.25) is 0 Å². The number of hydrogen-bond acceptors (Lipinski definition) is 3. The third-order valence-electron chi connectivity index (χ3n) is 4.22. The van der Waals surface area contributed by atoms with Crippen LogP contribution in [0.5, 0.6) is 0 Å². The highest BCUT2D eigenvalue weighted by atomic mass is 35.5. The van der Waals surface area contributed by atoms with Gasteiger partial charge >= 0.3 is 0 Å². The van der Waals surface area contributed by atoms with Crippen LogP contribution in [-0.2, 0) is 11.3 Å². The minimum atomic E-state index is 0.731. The van der Waals surface area contributed by atoms with Gasteiger partial charge in [0.05, 0.1) is 17.3 Å². The highest BCUT2D eigenvalue weighted by Gasteiger charge is 2.21. The van der Waals surface area contributed by atoms with Gasteiger partial charge in [0.25, 0.3) is 0 Å². The fourth-order valence-corrected chi connectivity index (χ4v) is 2.72. The van der Waals surface area contributed by atoms with Gasteiger partial charge in [-0.1, -0.05) is 17.7 Å². The largest absolute Gasteiger partial charge is 0.379 e. The Balaban J connectivity index is 1.45. The van der Waals surface area contributed by atoms with Gasteiger partial charge in [-0.2, -0.15) is 0 Å². The average molecular weight is 309 g/mol. The highest BCUT2D eigenvalue weighted by molar-refractivity contribution is 6.33. The van der Waals surface area contributed by atoms with E-state index < -0.39 is 0 Å². The SMILES string of the molecule is CN(CCOCC1CC1)c1ccc(CNC2CC2)cc1Cl. The summed E-state index contributed by atoms with van der Waals surface area (Å²) in [4.78, 5) is 2.17. The topological polar surface area (TPSA) is 24.5 Å². The Morgan fingerprint density at radius 1 is 1.29 bits per heavy atom. The van der Waals surface area contributed by atoms with Crippen LogP contribution in [0, 0.1) is 5.92 Å². The van der Waals surface area contributed by atoms with Gasteiger partial charge in [0.2, 0.25) is 0 Å². The van der Waals surface area contributed by atoms with Crippen molar-refractivity contribution in [2.75, 3.05) is 31.7 Å². The second kappa shape index (κ2) is 6.99. The number of ether oxygens (including phenoxy) is 1. The fourth-order valence-electron chi connectivity index (χ4n) is 2.38. The summed E-state index contributed by atoms with van der Waals surface area (Å²) in [5.41, 5.74) is 2.34. The molecular formula is C17H25ClN2O. The molecule has 1 aromatic rings. The number of nitrogens with one attached hydrogen (secondary N) is 1. The summed E-state index contributed by atoms with van der Waals surface area (Å²) in [6.07, 6.45) is 5.32. The first kappa shape index (κ1) is 15.1. The lowest BCUT2D eigenvalue weighted by Crippen LogP contribution is -2.23. The Bertz CT molecular complexity index is 472. The molecule has 116 valence electrons. The van der Waals surface area contributed by atoms with E-state index in [1.807, 2.05) is 0 Å². The zero-order chi connectivity index (χ0) is 14.7. The van der Waals surface area contributed by atoms with Gasteiger partial charge in [0, 0.05) is 32.8 Å². The molecule has 0 spiro atoms. The molecule has 0 bridgehead atoms. The van der Waals surface area contributed by atoms with Crippen molar-refractivity contribution < 1.29 is 4.74 Å². The standard InChI is InChI=1S/C17H25ClN2O/c1-20(8-9-21-12-13-2-3-13)17-7-4-14(10-16(17)18)11-19-15-5-6-15/h4,7,10,13,15,19H,2-3,5-6,8-9,11-12H2,1H3. The van der Waals surface area contributed by atoms with E-state index >= 15 is 0 Å². The lowest BCUT2D eigenvalue weighted by molar-refractivity contribution is 0.131. The van der Waals surface area contributed by atoms with Crippen LogP contribution in [0.1, 0.15) is 31.2 Å². The smallest absolute Gasteiger partial charge is 0.0642 e. The van der Waals surface area contributed by atoms with E-state index in [1.165, 1.54) is 31.2 Å². The molecule has 0 radical (unpaired) electrons. The molecule has 4 heteroatoms. The lowest BCUT2D eigenvalue weighted by atomic mass is 10.2. The maximum absolute atomic E-state index is 6.42. The van der Waals surface area contributed by atoms with E-state index in [9.17, 15) is 0 Å². The second-order valence-electron chi connectivity index (χ2n) is 6.38. The van der Waals surface area contributed by atoms with Gasteiger partial charge in [-0.05, 0) is 49.3 Å². The van der Waals surface area contributed by atoms with Crippen molar-refractivity contribution in [1.29, 1.82) is 0 Å². The third kappa shape index (κ3) is 4.87. The van der Waals surface area contributed by atoms with Crippen LogP contribution in [0.2, 0.25) is 5.02 Å². The molecule has 2 fully saturated rings. The maximum atomic E-state index is 6.42. The van der Waals surface area contributed by atoms with Crippen molar-refractivity contribution >= 4 is 17.3 Å². The quantitative estimate of drug-likeness (QED) is 0.707. The molecule has 2 saturated carbocycles. The molecule has 0 unspecified atom stereocenters. The molecule has 0 saturated heterocycles. The summed E-state index contributed by atoms with van der Waals surface area (Å²) in [5, 5.41) is 4.34. The number of nitrogens with zero attached hydrogens (tertiary/aromatic N) is 1. The molecule has 1 N–H and O–H groups in total. The van der Waals surface area contributed by atoms with Crippen molar-refractivity contribution in [2.45, 2.75) is 38.3 Å². The number of anilines is 1. The first-order valence-corrected chi connectivity index (χ1v) is 8.41. The molecule has 0 amide bonds. The Labute approximate surface area is 132 Å². The van der Waals surface area contributed by atoms with Gasteiger partial charge < -0.3 is 15.0 Å². The van der Waals surface area contributed by atoms with E-state index in [0.717, 1.165) is 49.0 Å². The monoisotopic (exact) mass is 308 g/mol. The Morgan fingerprint density at radius 3 is 2.76 bits per heavy atom. The number of benzene rings is 1. The van der Waals surface area contributed by atoms with Crippen LogP contribution in [0.4, 0.5) is 5.69 Å². The molecular weight excluding hydrogens is 284 g/mol. The molecule has 3 nitrogen and oxygen atoms in total. The molecule has 2 aliphatic carbocycles. The summed E-state index contributed by atoms with van der Waals surface area (Å²) in [6.45, 7) is 3.49. The van der Waals surface area contributed by atoms with Crippen molar-refractivity contribution in [3.05, 3.63) is 28.8 Å². The van der Waals surface area contributed by atoms with E-state index in [1.54, 1.807) is 0 Å². The van der Waals surface area contributed by atoms with E-state index in [-0.39, 0.29) is 0 Å². The fraction of sp³-hybridized carbons (Fsp3) is 0.647.